The average molecular weight is 297 g/mol. The number of unbranched alkanes of at least 4 members (excludes halogenated alkanes) is 1. The normalized spacial score (nSPS) is 12.8. The summed E-state index contributed by atoms with van der Waals surface area (Å²) in [6.45, 7) is 3.52. The van der Waals surface area contributed by atoms with Gasteiger partial charge in [-0.15, -0.1) is 6.58 Å². The molecule has 110 valence electrons. The van der Waals surface area contributed by atoms with E-state index in [1.807, 2.05) is 6.07 Å². The predicted octanol–water partition coefficient (Wildman–Crippen LogP) is 1.57. The molecule has 5 nitrogen and oxygen atoms in total. The second-order valence-corrected chi connectivity index (χ2v) is 6.32. The van der Waals surface area contributed by atoms with E-state index >= 15 is 0 Å². The van der Waals surface area contributed by atoms with E-state index in [9.17, 15) is 13.2 Å². The summed E-state index contributed by atoms with van der Waals surface area (Å²) < 4.78 is 25.8. The van der Waals surface area contributed by atoms with E-state index in [0.29, 0.717) is 12.8 Å². The molecule has 6 heteroatoms. The van der Waals surface area contributed by atoms with Gasteiger partial charge in [-0.2, -0.15) is 0 Å². The number of carboxylic acids is 1. The number of carboxylic acid groups (broad SMARTS) is 1. The Morgan fingerprint density at radius 3 is 2.55 bits per heavy atom. The summed E-state index contributed by atoms with van der Waals surface area (Å²) in [4.78, 5) is 11.2. The van der Waals surface area contributed by atoms with E-state index in [2.05, 4.69) is 11.3 Å². The second kappa shape index (κ2) is 7.81. The van der Waals surface area contributed by atoms with Crippen LogP contribution in [0.15, 0.2) is 43.0 Å². The fourth-order valence-electron chi connectivity index (χ4n) is 1.72. The Balaban J connectivity index is 2.68. The van der Waals surface area contributed by atoms with Crippen LogP contribution in [-0.2, 0) is 21.2 Å². The Morgan fingerprint density at radius 2 is 2.00 bits per heavy atom. The molecule has 1 atom stereocenters. The van der Waals surface area contributed by atoms with Gasteiger partial charge in [0.25, 0.3) is 0 Å². The van der Waals surface area contributed by atoms with Gasteiger partial charge in [0.15, 0.2) is 0 Å². The SMILES string of the molecule is C=CCCCS(=O)(=O)N[C@@H](Cc1ccccc1)C(=O)O. The van der Waals surface area contributed by atoms with Crippen molar-refractivity contribution in [2.45, 2.75) is 25.3 Å². The molecule has 0 aromatic heterocycles. The summed E-state index contributed by atoms with van der Waals surface area (Å²) in [7, 11) is -3.60. The number of allylic oxidation sites excluding steroid dienone is 1. The molecule has 0 radical (unpaired) electrons. The molecule has 2 N–H and O–H groups in total. The van der Waals surface area contributed by atoms with Crippen LogP contribution in [0.2, 0.25) is 0 Å². The lowest BCUT2D eigenvalue weighted by molar-refractivity contribution is -0.138. The van der Waals surface area contributed by atoms with E-state index in [0.717, 1.165) is 5.56 Å². The Labute approximate surface area is 119 Å². The molecule has 1 rings (SSSR count). The summed E-state index contributed by atoms with van der Waals surface area (Å²) in [5.41, 5.74) is 0.772. The zero-order valence-electron chi connectivity index (χ0n) is 11.2. The van der Waals surface area contributed by atoms with Crippen LogP contribution in [0.4, 0.5) is 0 Å². The average Bonchev–Trinajstić information content (AvgIpc) is 2.39. The minimum atomic E-state index is -3.60. The van der Waals surface area contributed by atoms with Gasteiger partial charge in [-0.05, 0) is 24.8 Å². The lowest BCUT2D eigenvalue weighted by atomic mass is 10.1. The molecule has 0 heterocycles. The number of nitrogens with one attached hydrogen (secondary N) is 1. The van der Waals surface area contributed by atoms with Gasteiger partial charge in [0.2, 0.25) is 10.0 Å². The highest BCUT2D eigenvalue weighted by molar-refractivity contribution is 7.89. The highest BCUT2D eigenvalue weighted by Crippen LogP contribution is 2.05. The molecule has 0 spiro atoms. The fourth-order valence-corrected chi connectivity index (χ4v) is 3.00. The van der Waals surface area contributed by atoms with E-state index < -0.39 is 22.0 Å². The van der Waals surface area contributed by atoms with Crippen molar-refractivity contribution in [3.05, 3.63) is 48.6 Å². The van der Waals surface area contributed by atoms with Gasteiger partial charge in [-0.25, -0.2) is 13.1 Å². The van der Waals surface area contributed by atoms with Crippen molar-refractivity contribution >= 4 is 16.0 Å². The zero-order valence-corrected chi connectivity index (χ0v) is 12.0. The van der Waals surface area contributed by atoms with Crippen molar-refractivity contribution in [3.63, 3.8) is 0 Å². The molecule has 0 unspecified atom stereocenters. The van der Waals surface area contributed by atoms with E-state index in [1.54, 1.807) is 30.3 Å². The van der Waals surface area contributed by atoms with Gasteiger partial charge in [-0.3, -0.25) is 4.79 Å². The Kier molecular flexibility index (Phi) is 6.41. The van der Waals surface area contributed by atoms with Crippen LogP contribution in [0.3, 0.4) is 0 Å². The molecule has 0 bridgehead atoms. The number of hydrogen-bond acceptors (Lipinski definition) is 3. The molecule has 20 heavy (non-hydrogen) atoms. The maximum absolute atomic E-state index is 11.8. The zero-order chi connectivity index (χ0) is 15.0. The first-order valence-electron chi connectivity index (χ1n) is 6.32. The number of hydrogen-bond donors (Lipinski definition) is 2. The van der Waals surface area contributed by atoms with Gasteiger partial charge in [0.1, 0.15) is 6.04 Å². The Hall–Kier alpha value is -1.66. The molecular formula is C14H19NO4S. The van der Waals surface area contributed by atoms with Crippen molar-refractivity contribution in [1.29, 1.82) is 0 Å². The predicted molar refractivity (Wildman–Crippen MR) is 77.9 cm³/mol. The minimum absolute atomic E-state index is 0.0996. The molecule has 1 aromatic carbocycles. The molecular weight excluding hydrogens is 278 g/mol. The van der Waals surface area contributed by atoms with Crippen molar-refractivity contribution < 1.29 is 18.3 Å². The number of rotatable bonds is 9. The quantitative estimate of drug-likeness (QED) is 0.535. The smallest absolute Gasteiger partial charge is 0.322 e. The molecule has 0 fully saturated rings. The lowest BCUT2D eigenvalue weighted by Gasteiger charge is -2.14. The first kappa shape index (κ1) is 16.4. The number of sulfonamides is 1. The molecule has 0 aliphatic heterocycles. The van der Waals surface area contributed by atoms with Crippen molar-refractivity contribution in [1.82, 2.24) is 4.72 Å². The largest absolute Gasteiger partial charge is 0.480 e. The van der Waals surface area contributed by atoms with E-state index in [1.165, 1.54) is 0 Å². The molecule has 1 aromatic rings. The fraction of sp³-hybridized carbons (Fsp3) is 0.357. The minimum Gasteiger partial charge on any atom is -0.480 e. The molecule has 0 saturated heterocycles. The van der Waals surface area contributed by atoms with Gasteiger partial charge in [0, 0.05) is 0 Å². The first-order valence-corrected chi connectivity index (χ1v) is 7.97. The molecule has 0 aliphatic carbocycles. The number of benzene rings is 1. The molecule has 0 saturated carbocycles. The summed E-state index contributed by atoms with van der Waals surface area (Å²) in [5.74, 6) is -1.28. The van der Waals surface area contributed by atoms with Crippen molar-refractivity contribution in [2.75, 3.05) is 5.75 Å². The first-order chi connectivity index (χ1) is 9.44. The summed E-state index contributed by atoms with van der Waals surface area (Å²) in [6, 6.07) is 7.77. The van der Waals surface area contributed by atoms with Crippen molar-refractivity contribution in [2.24, 2.45) is 0 Å². The number of aliphatic carboxylic acids is 1. The van der Waals surface area contributed by atoms with Gasteiger partial charge in [-0.1, -0.05) is 36.4 Å². The molecule has 0 amide bonds. The number of carbonyl (C=O) groups is 1. The van der Waals surface area contributed by atoms with Crippen molar-refractivity contribution in [3.8, 4) is 0 Å². The maximum Gasteiger partial charge on any atom is 0.322 e. The van der Waals surface area contributed by atoms with Crippen LogP contribution in [0.5, 0.6) is 0 Å². The van der Waals surface area contributed by atoms with Crippen LogP contribution in [0.25, 0.3) is 0 Å². The monoisotopic (exact) mass is 297 g/mol. The highest BCUT2D eigenvalue weighted by atomic mass is 32.2. The van der Waals surface area contributed by atoms with Crippen LogP contribution in [0, 0.1) is 0 Å². The second-order valence-electron chi connectivity index (χ2n) is 4.45. The van der Waals surface area contributed by atoms with Crippen LogP contribution < -0.4 is 4.72 Å². The highest BCUT2D eigenvalue weighted by Gasteiger charge is 2.23. The van der Waals surface area contributed by atoms with E-state index in [4.69, 9.17) is 5.11 Å². The maximum atomic E-state index is 11.8. The van der Waals surface area contributed by atoms with Crippen LogP contribution in [-0.4, -0.2) is 31.3 Å². The Morgan fingerprint density at radius 1 is 1.35 bits per heavy atom. The van der Waals surface area contributed by atoms with E-state index in [-0.39, 0.29) is 12.2 Å². The van der Waals surface area contributed by atoms with Gasteiger partial charge in [0.05, 0.1) is 5.75 Å². The third-order valence-electron chi connectivity index (χ3n) is 2.72. The van der Waals surface area contributed by atoms with Crippen LogP contribution in [0.1, 0.15) is 18.4 Å². The van der Waals surface area contributed by atoms with Crippen LogP contribution >= 0.6 is 0 Å². The summed E-state index contributed by atoms with van der Waals surface area (Å²) in [6.07, 6.45) is 2.76. The summed E-state index contributed by atoms with van der Waals surface area (Å²) in [5, 5.41) is 9.13. The topological polar surface area (TPSA) is 83.5 Å². The Bertz CT molecular complexity index is 540. The third kappa shape index (κ3) is 5.99. The van der Waals surface area contributed by atoms with Gasteiger partial charge < -0.3 is 5.11 Å². The summed E-state index contributed by atoms with van der Waals surface area (Å²) >= 11 is 0. The van der Waals surface area contributed by atoms with Gasteiger partial charge >= 0.3 is 5.97 Å². The standard InChI is InChI=1S/C14H19NO4S/c1-2-3-7-10-20(18,19)15-13(14(16)17)11-12-8-5-4-6-9-12/h2,4-6,8-9,13,15H,1,3,7,10-11H2,(H,16,17)/t13-/m0/s1. The molecule has 0 aliphatic rings. The third-order valence-corrected chi connectivity index (χ3v) is 4.19. The lowest BCUT2D eigenvalue weighted by Crippen LogP contribution is -2.43.